The van der Waals surface area contributed by atoms with Crippen LogP contribution < -0.4 is 5.32 Å². The van der Waals surface area contributed by atoms with E-state index in [0.717, 1.165) is 62.9 Å². The molecule has 0 spiro atoms. The normalized spacial score (nSPS) is 22.9. The Hall–Kier alpha value is -2.44. The maximum atomic E-state index is 12.8. The van der Waals surface area contributed by atoms with E-state index in [2.05, 4.69) is 15.5 Å². The first-order valence-corrected chi connectivity index (χ1v) is 10.5. The molecule has 2 saturated carbocycles. The van der Waals surface area contributed by atoms with Gasteiger partial charge in [0.2, 0.25) is 5.91 Å². The molecule has 3 fully saturated rings. The van der Waals surface area contributed by atoms with Crippen molar-refractivity contribution in [3.05, 3.63) is 23.0 Å². The molecule has 7 nitrogen and oxygen atoms in total. The van der Waals surface area contributed by atoms with Gasteiger partial charge in [0, 0.05) is 43.6 Å². The average Bonchev–Trinajstić information content (AvgIpc) is 3.14. The Balaban J connectivity index is 1.46. The van der Waals surface area contributed by atoms with Crippen LogP contribution in [0.4, 0.5) is 0 Å². The molecule has 2 aromatic heterocycles. The molecule has 1 N–H and O–H groups in total. The molecule has 3 aliphatic rings. The number of rotatable bonds is 4. The van der Waals surface area contributed by atoms with Crippen molar-refractivity contribution < 1.29 is 14.1 Å². The van der Waals surface area contributed by atoms with E-state index in [4.69, 9.17) is 4.52 Å². The Morgan fingerprint density at radius 1 is 1.14 bits per heavy atom. The molecule has 2 amide bonds. The number of hydrogen-bond donors (Lipinski definition) is 1. The lowest BCUT2D eigenvalue weighted by Crippen LogP contribution is -2.33. The summed E-state index contributed by atoms with van der Waals surface area (Å²) >= 11 is 0. The van der Waals surface area contributed by atoms with Crippen LogP contribution in [0.5, 0.6) is 0 Å². The van der Waals surface area contributed by atoms with E-state index >= 15 is 0 Å². The maximum Gasteiger partial charge on any atom is 0.259 e. The lowest BCUT2D eigenvalue weighted by atomic mass is 9.98. The van der Waals surface area contributed by atoms with Gasteiger partial charge in [-0.3, -0.25) is 9.59 Å². The number of amides is 2. The minimum absolute atomic E-state index is 0.0867. The van der Waals surface area contributed by atoms with Gasteiger partial charge in [0.25, 0.3) is 11.6 Å². The fourth-order valence-corrected chi connectivity index (χ4v) is 4.79. The summed E-state index contributed by atoms with van der Waals surface area (Å²) in [5, 5.41) is 7.75. The van der Waals surface area contributed by atoms with E-state index in [0.29, 0.717) is 29.1 Å². The van der Waals surface area contributed by atoms with Crippen LogP contribution in [-0.2, 0) is 4.79 Å². The van der Waals surface area contributed by atoms with Gasteiger partial charge in [0.1, 0.15) is 0 Å². The van der Waals surface area contributed by atoms with Gasteiger partial charge in [0.15, 0.2) is 0 Å². The Kier molecular flexibility index (Phi) is 4.33. The predicted octanol–water partition coefficient (Wildman–Crippen LogP) is 2.97. The van der Waals surface area contributed by atoms with Crippen LogP contribution in [0.15, 0.2) is 10.6 Å². The summed E-state index contributed by atoms with van der Waals surface area (Å²) in [5.74, 6) is 0.844. The fraction of sp³-hybridized carbons (Fsp3) is 0.619. The number of carbonyl (C=O) groups is 2. The number of nitrogens with one attached hydrogen (secondary N) is 1. The van der Waals surface area contributed by atoms with Gasteiger partial charge in [-0.05, 0) is 38.2 Å². The van der Waals surface area contributed by atoms with Gasteiger partial charge in [-0.15, -0.1) is 0 Å². The van der Waals surface area contributed by atoms with Crippen molar-refractivity contribution in [2.45, 2.75) is 56.8 Å². The topological polar surface area (TPSA) is 88.3 Å². The van der Waals surface area contributed by atoms with E-state index in [1.807, 2.05) is 11.0 Å². The molecule has 1 aliphatic heterocycles. The van der Waals surface area contributed by atoms with E-state index in [1.54, 1.807) is 7.05 Å². The number of pyridine rings is 1. The molecule has 0 bridgehead atoms. The van der Waals surface area contributed by atoms with Crippen molar-refractivity contribution in [3.63, 3.8) is 0 Å². The van der Waals surface area contributed by atoms with Crippen LogP contribution in [0.1, 0.15) is 78.5 Å². The van der Waals surface area contributed by atoms with Crippen LogP contribution in [0.2, 0.25) is 0 Å². The van der Waals surface area contributed by atoms with E-state index in [-0.39, 0.29) is 23.7 Å². The summed E-state index contributed by atoms with van der Waals surface area (Å²) in [6, 6.07) is 1.90. The van der Waals surface area contributed by atoms with Crippen molar-refractivity contribution in [2.24, 2.45) is 5.92 Å². The number of carbonyl (C=O) groups excluding carboxylic acids is 2. The quantitative estimate of drug-likeness (QED) is 0.878. The average molecular weight is 382 g/mol. The summed E-state index contributed by atoms with van der Waals surface area (Å²) < 4.78 is 5.57. The zero-order valence-corrected chi connectivity index (χ0v) is 16.2. The van der Waals surface area contributed by atoms with E-state index in [1.165, 1.54) is 0 Å². The summed E-state index contributed by atoms with van der Waals surface area (Å²) in [6.07, 6.45) is 7.40. The molecule has 0 radical (unpaired) electrons. The SMILES string of the molecule is CNC(=O)c1cc(C2CC2)nc2onc(C3CCN(C(=O)C4CCCC4)C3)c12. The highest BCUT2D eigenvalue weighted by molar-refractivity contribution is 6.06. The molecule has 7 heteroatoms. The lowest BCUT2D eigenvalue weighted by molar-refractivity contribution is -0.134. The van der Waals surface area contributed by atoms with Gasteiger partial charge in [-0.1, -0.05) is 18.0 Å². The number of hydrogen-bond acceptors (Lipinski definition) is 5. The zero-order chi connectivity index (χ0) is 19.3. The molecule has 148 valence electrons. The maximum absolute atomic E-state index is 12.8. The smallest absolute Gasteiger partial charge is 0.259 e. The third kappa shape index (κ3) is 2.97. The minimum atomic E-state index is -0.143. The molecule has 0 aromatic carbocycles. The first kappa shape index (κ1) is 17.6. The molecular weight excluding hydrogens is 356 g/mol. The van der Waals surface area contributed by atoms with Gasteiger partial charge >= 0.3 is 0 Å². The number of fused-ring (bicyclic) bond motifs is 1. The minimum Gasteiger partial charge on any atom is -0.355 e. The molecule has 28 heavy (non-hydrogen) atoms. The Morgan fingerprint density at radius 3 is 2.64 bits per heavy atom. The zero-order valence-electron chi connectivity index (χ0n) is 16.2. The summed E-state index contributed by atoms with van der Waals surface area (Å²) in [4.78, 5) is 32.0. The fourth-order valence-electron chi connectivity index (χ4n) is 4.79. The standard InChI is InChI=1S/C21H26N4O3/c1-22-19(26)15-10-16(12-6-7-12)23-20-17(15)18(24-28-20)14-8-9-25(11-14)21(27)13-4-2-3-5-13/h10,12-14H,2-9,11H2,1H3,(H,22,26). The molecule has 2 aromatic rings. The second-order valence-electron chi connectivity index (χ2n) is 8.45. The third-order valence-corrected chi connectivity index (χ3v) is 6.55. The summed E-state index contributed by atoms with van der Waals surface area (Å²) in [6.45, 7) is 1.39. The molecular formula is C21H26N4O3. The van der Waals surface area contributed by atoms with Crippen LogP contribution in [0.25, 0.3) is 11.1 Å². The molecule has 1 saturated heterocycles. The molecule has 1 atom stereocenters. The second-order valence-corrected chi connectivity index (χ2v) is 8.45. The highest BCUT2D eigenvalue weighted by Gasteiger charge is 2.36. The van der Waals surface area contributed by atoms with E-state index in [9.17, 15) is 9.59 Å². The Morgan fingerprint density at radius 2 is 1.93 bits per heavy atom. The Bertz CT molecular complexity index is 927. The van der Waals surface area contributed by atoms with E-state index < -0.39 is 0 Å². The van der Waals surface area contributed by atoms with Gasteiger partial charge in [-0.2, -0.15) is 0 Å². The molecule has 5 rings (SSSR count). The van der Waals surface area contributed by atoms with Gasteiger partial charge < -0.3 is 14.7 Å². The number of nitrogens with zero attached hydrogens (tertiary/aromatic N) is 3. The number of aromatic nitrogens is 2. The van der Waals surface area contributed by atoms with Gasteiger partial charge in [0.05, 0.1) is 16.6 Å². The first-order chi connectivity index (χ1) is 13.7. The van der Waals surface area contributed by atoms with Crippen LogP contribution >= 0.6 is 0 Å². The van der Waals surface area contributed by atoms with Crippen molar-refractivity contribution in [3.8, 4) is 0 Å². The third-order valence-electron chi connectivity index (χ3n) is 6.55. The van der Waals surface area contributed by atoms with Crippen LogP contribution in [-0.4, -0.2) is 47.0 Å². The van der Waals surface area contributed by atoms with Crippen molar-refractivity contribution in [2.75, 3.05) is 20.1 Å². The molecule has 1 unspecified atom stereocenters. The van der Waals surface area contributed by atoms with Gasteiger partial charge in [-0.25, -0.2) is 4.98 Å². The lowest BCUT2D eigenvalue weighted by Gasteiger charge is -2.20. The predicted molar refractivity (Wildman–Crippen MR) is 103 cm³/mol. The van der Waals surface area contributed by atoms with Crippen LogP contribution in [0, 0.1) is 5.92 Å². The molecule has 2 aliphatic carbocycles. The Labute approximate surface area is 163 Å². The van der Waals surface area contributed by atoms with Crippen LogP contribution in [0.3, 0.4) is 0 Å². The first-order valence-electron chi connectivity index (χ1n) is 10.5. The monoisotopic (exact) mass is 382 g/mol. The highest BCUT2D eigenvalue weighted by Crippen LogP contribution is 2.42. The van der Waals surface area contributed by atoms with Crippen molar-refractivity contribution in [1.29, 1.82) is 0 Å². The second kappa shape index (κ2) is 6.87. The highest BCUT2D eigenvalue weighted by atomic mass is 16.5. The molecule has 3 heterocycles. The summed E-state index contributed by atoms with van der Waals surface area (Å²) in [7, 11) is 1.64. The summed E-state index contributed by atoms with van der Waals surface area (Å²) in [5.41, 5.74) is 2.72. The van der Waals surface area contributed by atoms with Crippen molar-refractivity contribution >= 4 is 22.9 Å². The largest absolute Gasteiger partial charge is 0.355 e. The van der Waals surface area contributed by atoms with Crippen molar-refractivity contribution in [1.82, 2.24) is 20.4 Å². The number of likely N-dealkylation sites (tertiary alicyclic amines) is 1.